The summed E-state index contributed by atoms with van der Waals surface area (Å²) in [5, 5.41) is 5.22. The fourth-order valence-corrected chi connectivity index (χ4v) is 5.62. The van der Waals surface area contributed by atoms with E-state index in [2.05, 4.69) is 10.6 Å². The normalized spacial score (nSPS) is 14.3. The van der Waals surface area contributed by atoms with Crippen molar-refractivity contribution < 1.29 is 22.8 Å². The summed E-state index contributed by atoms with van der Waals surface area (Å²) in [6, 6.07) is 24.3. The summed E-state index contributed by atoms with van der Waals surface area (Å²) in [5.41, 5.74) is 2.85. The van der Waals surface area contributed by atoms with E-state index in [1.807, 2.05) is 73.7 Å². The molecule has 0 aromatic heterocycles. The quantitative estimate of drug-likeness (QED) is 0.241. The monoisotopic (exact) mass is 536 g/mol. The van der Waals surface area contributed by atoms with Gasteiger partial charge in [-0.05, 0) is 54.2 Å². The third-order valence-corrected chi connectivity index (χ3v) is 7.50. The van der Waals surface area contributed by atoms with Crippen LogP contribution in [0.2, 0.25) is 0 Å². The number of fused-ring (bicyclic) bond motifs is 3. The molecule has 4 rings (SSSR count). The summed E-state index contributed by atoms with van der Waals surface area (Å²) in [7, 11) is 0. The van der Waals surface area contributed by atoms with Crippen LogP contribution in [0.25, 0.3) is 11.1 Å². The molecule has 0 saturated carbocycles. The summed E-state index contributed by atoms with van der Waals surface area (Å²) >= 11 is 0. The molecule has 39 heavy (non-hydrogen) atoms. The molecular weight excluding hydrogens is 501 g/mol. The van der Waals surface area contributed by atoms with Crippen LogP contribution >= 0.6 is 0 Å². The van der Waals surface area contributed by atoms with Gasteiger partial charge in [-0.2, -0.15) is 13.2 Å². The van der Waals surface area contributed by atoms with Crippen LogP contribution in [0.5, 0.6) is 0 Å². The zero-order valence-corrected chi connectivity index (χ0v) is 22.2. The highest BCUT2D eigenvalue weighted by Gasteiger charge is 2.49. The van der Waals surface area contributed by atoms with E-state index in [1.165, 1.54) is 0 Å². The molecule has 4 nitrogen and oxygen atoms in total. The first-order chi connectivity index (χ1) is 18.7. The molecule has 3 aromatic rings. The van der Waals surface area contributed by atoms with Gasteiger partial charge in [0.15, 0.2) is 0 Å². The average Bonchev–Trinajstić information content (AvgIpc) is 3.22. The molecule has 1 unspecified atom stereocenters. The van der Waals surface area contributed by atoms with Gasteiger partial charge in [-0.15, -0.1) is 0 Å². The molecule has 1 aliphatic carbocycles. The smallest absolute Gasteiger partial charge is 0.350 e. The number of hydrogen-bond donors (Lipinski definition) is 2. The molecule has 0 aliphatic heterocycles. The second-order valence-corrected chi connectivity index (χ2v) is 10.3. The van der Waals surface area contributed by atoms with Crippen molar-refractivity contribution in [2.45, 2.75) is 69.5 Å². The third-order valence-electron chi connectivity index (χ3n) is 7.50. The van der Waals surface area contributed by atoms with E-state index in [-0.39, 0.29) is 11.9 Å². The zero-order chi connectivity index (χ0) is 27.9. The van der Waals surface area contributed by atoms with Crippen LogP contribution < -0.4 is 10.6 Å². The molecule has 0 bridgehead atoms. The summed E-state index contributed by atoms with van der Waals surface area (Å²) in [5.74, 6) is -0.672. The molecule has 0 fully saturated rings. The van der Waals surface area contributed by atoms with Crippen LogP contribution in [0.1, 0.15) is 73.4 Å². The number of nitrogens with one attached hydrogen (secondary N) is 2. The Morgan fingerprint density at radius 1 is 0.769 bits per heavy atom. The van der Waals surface area contributed by atoms with Gasteiger partial charge < -0.3 is 10.6 Å². The number of halogens is 3. The fourth-order valence-electron chi connectivity index (χ4n) is 5.62. The molecule has 2 N–H and O–H groups in total. The Bertz CT molecular complexity index is 1230. The largest absolute Gasteiger partial charge is 0.405 e. The zero-order valence-electron chi connectivity index (χ0n) is 22.2. The average molecular weight is 537 g/mol. The van der Waals surface area contributed by atoms with Crippen molar-refractivity contribution >= 4 is 11.8 Å². The van der Waals surface area contributed by atoms with E-state index in [4.69, 9.17) is 0 Å². The number of alkyl halides is 3. The molecule has 1 atom stereocenters. The molecule has 3 aromatic carbocycles. The van der Waals surface area contributed by atoms with E-state index in [0.717, 1.165) is 54.4 Å². The predicted octanol–water partition coefficient (Wildman–Crippen LogP) is 7.18. The van der Waals surface area contributed by atoms with Gasteiger partial charge in [-0.25, -0.2) is 0 Å². The number of unbranched alkanes of at least 4 members (excludes halogenated alkanes) is 4. The summed E-state index contributed by atoms with van der Waals surface area (Å²) < 4.78 is 39.1. The minimum Gasteiger partial charge on any atom is -0.350 e. The maximum absolute atomic E-state index is 13.5. The molecule has 1 aliphatic rings. The first-order valence-electron chi connectivity index (χ1n) is 13.6. The van der Waals surface area contributed by atoms with Gasteiger partial charge in [-0.1, -0.05) is 98.8 Å². The maximum atomic E-state index is 13.5. The standard InChI is InChI=1S/C32H35F3N2O2/c1-23(37-29(38)24-15-7-5-8-16-24)14-6-3-2-4-13-21-31(30(39)36-22-32(33,34)35)27-19-11-9-17-25(27)26-18-10-12-20-28(26)31/h5,7-12,15-20,23H,2-4,6,13-14,21-22H2,1H3,(H,36,39)(H,37,38). The van der Waals surface area contributed by atoms with Gasteiger partial charge in [-0.3, -0.25) is 9.59 Å². The third kappa shape index (κ3) is 6.70. The first kappa shape index (κ1) is 28.4. The van der Waals surface area contributed by atoms with E-state index in [9.17, 15) is 22.8 Å². The Kier molecular flexibility index (Phi) is 9.10. The first-order valence-corrected chi connectivity index (χ1v) is 13.6. The van der Waals surface area contributed by atoms with E-state index < -0.39 is 24.0 Å². The number of amides is 2. The number of carbonyl (C=O) groups excluding carboxylic acids is 2. The van der Waals surface area contributed by atoms with Crippen LogP contribution in [0, 0.1) is 0 Å². The van der Waals surface area contributed by atoms with Gasteiger partial charge in [0.2, 0.25) is 5.91 Å². The van der Waals surface area contributed by atoms with Crippen LogP contribution in [0.3, 0.4) is 0 Å². The van der Waals surface area contributed by atoms with Crippen molar-refractivity contribution in [1.29, 1.82) is 0 Å². The lowest BCUT2D eigenvalue weighted by Gasteiger charge is -2.31. The molecular formula is C32H35F3N2O2. The van der Waals surface area contributed by atoms with Crippen molar-refractivity contribution in [2.24, 2.45) is 0 Å². The van der Waals surface area contributed by atoms with Crippen molar-refractivity contribution in [1.82, 2.24) is 10.6 Å². The van der Waals surface area contributed by atoms with E-state index in [1.54, 1.807) is 12.1 Å². The maximum Gasteiger partial charge on any atom is 0.405 e. The molecule has 7 heteroatoms. The van der Waals surface area contributed by atoms with Crippen molar-refractivity contribution in [3.63, 3.8) is 0 Å². The molecule has 0 saturated heterocycles. The van der Waals surface area contributed by atoms with Crippen LogP contribution in [-0.4, -0.2) is 30.6 Å². The Balaban J connectivity index is 1.34. The Morgan fingerprint density at radius 2 is 1.31 bits per heavy atom. The van der Waals surface area contributed by atoms with Crippen molar-refractivity contribution in [3.05, 3.63) is 95.6 Å². The highest BCUT2D eigenvalue weighted by atomic mass is 19.4. The summed E-state index contributed by atoms with van der Waals surface area (Å²) in [6.07, 6.45) is 1.28. The van der Waals surface area contributed by atoms with Crippen LogP contribution in [0.15, 0.2) is 78.9 Å². The van der Waals surface area contributed by atoms with Crippen LogP contribution in [0.4, 0.5) is 13.2 Å². The lowest BCUT2D eigenvalue weighted by atomic mass is 9.73. The molecule has 2 amide bonds. The Hall–Kier alpha value is -3.61. The van der Waals surface area contributed by atoms with Gasteiger partial charge in [0.1, 0.15) is 12.0 Å². The number of carbonyl (C=O) groups is 2. The minimum atomic E-state index is -4.48. The second-order valence-electron chi connectivity index (χ2n) is 10.3. The lowest BCUT2D eigenvalue weighted by molar-refractivity contribution is -0.141. The highest BCUT2D eigenvalue weighted by molar-refractivity contribution is 6.00. The van der Waals surface area contributed by atoms with Crippen molar-refractivity contribution in [3.8, 4) is 11.1 Å². The predicted molar refractivity (Wildman–Crippen MR) is 147 cm³/mol. The SMILES string of the molecule is CC(CCCCCCCC1(C(=O)NCC(F)(F)F)c2ccccc2-c2ccccc21)NC(=O)c1ccccc1. The summed E-state index contributed by atoms with van der Waals surface area (Å²) in [6.45, 7) is 0.649. The molecule has 0 radical (unpaired) electrons. The van der Waals surface area contributed by atoms with E-state index in [0.29, 0.717) is 18.4 Å². The Labute approximate surface area is 228 Å². The number of benzene rings is 3. The van der Waals surface area contributed by atoms with Crippen molar-refractivity contribution in [2.75, 3.05) is 6.54 Å². The molecule has 0 heterocycles. The van der Waals surface area contributed by atoms with Gasteiger partial charge >= 0.3 is 6.18 Å². The highest BCUT2D eigenvalue weighted by Crippen LogP contribution is 2.51. The van der Waals surface area contributed by atoms with Gasteiger partial charge in [0.05, 0.1) is 0 Å². The summed E-state index contributed by atoms with van der Waals surface area (Å²) in [4.78, 5) is 25.8. The van der Waals surface area contributed by atoms with E-state index >= 15 is 0 Å². The number of hydrogen-bond acceptors (Lipinski definition) is 2. The van der Waals surface area contributed by atoms with Gasteiger partial charge in [0.25, 0.3) is 5.91 Å². The second kappa shape index (κ2) is 12.5. The van der Waals surface area contributed by atoms with Gasteiger partial charge in [0, 0.05) is 11.6 Å². The van der Waals surface area contributed by atoms with Crippen LogP contribution in [-0.2, 0) is 10.2 Å². The lowest BCUT2D eigenvalue weighted by Crippen LogP contribution is -2.47. The minimum absolute atomic E-state index is 0.0600. The topological polar surface area (TPSA) is 58.2 Å². The Morgan fingerprint density at radius 3 is 1.92 bits per heavy atom. The molecule has 206 valence electrons. The molecule has 0 spiro atoms. The number of rotatable bonds is 12. The fraction of sp³-hybridized carbons (Fsp3) is 0.375.